The third-order valence-electron chi connectivity index (χ3n) is 4.05. The minimum atomic E-state index is -3.24. The van der Waals surface area contributed by atoms with Gasteiger partial charge in [0.15, 0.2) is 0 Å². The molecule has 1 aliphatic rings. The summed E-state index contributed by atoms with van der Waals surface area (Å²) >= 11 is 0. The van der Waals surface area contributed by atoms with Crippen LogP contribution in [0.15, 0.2) is 24.3 Å². The Balaban J connectivity index is 1.62. The molecule has 2 rings (SSSR count). The average molecular weight is 372 g/mol. The van der Waals surface area contributed by atoms with Gasteiger partial charge in [-0.1, -0.05) is 18.2 Å². The van der Waals surface area contributed by atoms with Crippen LogP contribution in [0.25, 0.3) is 0 Å². The molecular formula is C16H25FN4O3S. The molecule has 1 aromatic rings. The standard InChI is InChI=1S/C16H25FN4O3S/c1-25(23,24)20-8-7-18-16(22)19-10-13-6-9-21(11-13)12-14-4-2-3-5-15(14)17/h2-5,13,20H,6-12H2,1H3,(H2,18,19,22). The number of urea groups is 1. The zero-order chi connectivity index (χ0) is 18.3. The van der Waals surface area contributed by atoms with Crippen molar-refractivity contribution in [2.45, 2.75) is 13.0 Å². The van der Waals surface area contributed by atoms with E-state index in [1.807, 2.05) is 6.07 Å². The van der Waals surface area contributed by atoms with Crippen LogP contribution in [0.2, 0.25) is 0 Å². The fourth-order valence-corrected chi connectivity index (χ4v) is 3.28. The van der Waals surface area contributed by atoms with E-state index in [-0.39, 0.29) is 24.9 Å². The maximum atomic E-state index is 13.7. The maximum absolute atomic E-state index is 13.7. The van der Waals surface area contributed by atoms with Gasteiger partial charge >= 0.3 is 6.03 Å². The van der Waals surface area contributed by atoms with E-state index in [1.54, 1.807) is 12.1 Å². The van der Waals surface area contributed by atoms with E-state index in [0.717, 1.165) is 25.8 Å². The van der Waals surface area contributed by atoms with Crippen LogP contribution in [-0.2, 0) is 16.6 Å². The molecule has 25 heavy (non-hydrogen) atoms. The van der Waals surface area contributed by atoms with E-state index in [2.05, 4.69) is 20.3 Å². The van der Waals surface area contributed by atoms with Gasteiger partial charge in [0.05, 0.1) is 6.26 Å². The van der Waals surface area contributed by atoms with Gasteiger partial charge in [0.1, 0.15) is 5.82 Å². The van der Waals surface area contributed by atoms with Crippen molar-refractivity contribution in [3.05, 3.63) is 35.6 Å². The predicted octanol–water partition coefficient (Wildman–Crippen LogP) is 0.496. The van der Waals surface area contributed by atoms with E-state index >= 15 is 0 Å². The number of likely N-dealkylation sites (tertiary alicyclic amines) is 1. The summed E-state index contributed by atoms with van der Waals surface area (Å²) in [5, 5.41) is 5.39. The number of benzene rings is 1. The van der Waals surface area contributed by atoms with Gasteiger partial charge in [-0.25, -0.2) is 22.3 Å². The van der Waals surface area contributed by atoms with Crippen LogP contribution >= 0.6 is 0 Å². The van der Waals surface area contributed by atoms with Crippen LogP contribution in [0.5, 0.6) is 0 Å². The van der Waals surface area contributed by atoms with Crippen molar-refractivity contribution in [3.8, 4) is 0 Å². The lowest BCUT2D eigenvalue weighted by Crippen LogP contribution is -2.42. The SMILES string of the molecule is CS(=O)(=O)NCCNC(=O)NCC1CCN(Cc2ccccc2F)C1. The molecule has 9 heteroatoms. The van der Waals surface area contributed by atoms with E-state index in [1.165, 1.54) is 6.07 Å². The van der Waals surface area contributed by atoms with Crippen molar-refractivity contribution in [2.24, 2.45) is 5.92 Å². The monoisotopic (exact) mass is 372 g/mol. The van der Waals surface area contributed by atoms with Gasteiger partial charge in [-0.15, -0.1) is 0 Å². The summed E-state index contributed by atoms with van der Waals surface area (Å²) in [6.45, 7) is 3.19. The summed E-state index contributed by atoms with van der Waals surface area (Å²) in [6.07, 6.45) is 2.02. The van der Waals surface area contributed by atoms with E-state index in [9.17, 15) is 17.6 Å². The number of carbonyl (C=O) groups excluding carboxylic acids is 1. The first kappa shape index (κ1) is 19.6. The minimum Gasteiger partial charge on any atom is -0.338 e. The van der Waals surface area contributed by atoms with Gasteiger partial charge in [0.2, 0.25) is 10.0 Å². The second-order valence-corrected chi connectivity index (χ2v) is 8.12. The number of nitrogens with zero attached hydrogens (tertiary/aromatic N) is 1. The first-order valence-electron chi connectivity index (χ1n) is 8.25. The molecule has 7 nitrogen and oxygen atoms in total. The zero-order valence-corrected chi connectivity index (χ0v) is 15.1. The summed E-state index contributed by atoms with van der Waals surface area (Å²) in [4.78, 5) is 13.9. The molecule has 0 aromatic heterocycles. The second kappa shape index (κ2) is 9.12. The highest BCUT2D eigenvalue weighted by Crippen LogP contribution is 2.19. The molecule has 1 atom stereocenters. The minimum absolute atomic E-state index is 0.159. The quantitative estimate of drug-likeness (QED) is 0.580. The summed E-state index contributed by atoms with van der Waals surface area (Å²) in [7, 11) is -3.24. The predicted molar refractivity (Wildman–Crippen MR) is 94.0 cm³/mol. The van der Waals surface area contributed by atoms with E-state index in [4.69, 9.17) is 0 Å². The fourth-order valence-electron chi connectivity index (χ4n) is 2.80. The van der Waals surface area contributed by atoms with E-state index in [0.29, 0.717) is 24.6 Å². The first-order chi connectivity index (χ1) is 11.8. The highest BCUT2D eigenvalue weighted by Gasteiger charge is 2.23. The summed E-state index contributed by atoms with van der Waals surface area (Å²) < 4.78 is 37.8. The molecule has 1 heterocycles. The number of hydrogen-bond acceptors (Lipinski definition) is 4. The smallest absolute Gasteiger partial charge is 0.314 e. The summed E-state index contributed by atoms with van der Waals surface area (Å²) in [5.74, 6) is 0.137. The van der Waals surface area contributed by atoms with Crippen molar-refractivity contribution >= 4 is 16.1 Å². The zero-order valence-electron chi connectivity index (χ0n) is 14.3. The molecule has 140 valence electrons. The molecule has 0 saturated carbocycles. The number of carbonyl (C=O) groups is 1. The number of rotatable bonds is 8. The van der Waals surface area contributed by atoms with Gasteiger partial charge in [-0.2, -0.15) is 0 Å². The first-order valence-corrected chi connectivity index (χ1v) is 10.1. The van der Waals surface area contributed by atoms with Gasteiger partial charge in [0.25, 0.3) is 0 Å². The molecule has 0 aliphatic carbocycles. The number of sulfonamides is 1. The second-order valence-electron chi connectivity index (χ2n) is 6.28. The van der Waals surface area contributed by atoms with E-state index < -0.39 is 10.0 Å². The fraction of sp³-hybridized carbons (Fsp3) is 0.562. The lowest BCUT2D eigenvalue weighted by Gasteiger charge is -2.17. The Morgan fingerprint density at radius 2 is 2.04 bits per heavy atom. The van der Waals surface area contributed by atoms with Crippen molar-refractivity contribution in [2.75, 3.05) is 39.0 Å². The average Bonchev–Trinajstić information content (AvgIpc) is 2.98. The molecule has 1 saturated heterocycles. The normalized spacial score (nSPS) is 18.2. The van der Waals surface area contributed by atoms with Crippen LogP contribution in [-0.4, -0.2) is 58.3 Å². The topological polar surface area (TPSA) is 90.5 Å². The van der Waals surface area contributed by atoms with Crippen LogP contribution in [0.1, 0.15) is 12.0 Å². The Kier molecular flexibility index (Phi) is 7.15. The third-order valence-corrected chi connectivity index (χ3v) is 4.78. The Morgan fingerprint density at radius 1 is 1.28 bits per heavy atom. The van der Waals surface area contributed by atoms with Crippen molar-refractivity contribution < 1.29 is 17.6 Å². The molecule has 1 aromatic carbocycles. The lowest BCUT2D eigenvalue weighted by molar-refractivity contribution is 0.238. The van der Waals surface area contributed by atoms with Crippen LogP contribution < -0.4 is 15.4 Å². The van der Waals surface area contributed by atoms with Crippen molar-refractivity contribution in [3.63, 3.8) is 0 Å². The molecule has 0 spiro atoms. The Bertz CT molecular complexity index is 684. The summed E-state index contributed by atoms with van der Waals surface area (Å²) in [5.41, 5.74) is 0.687. The number of halogens is 1. The number of hydrogen-bond donors (Lipinski definition) is 3. The molecule has 3 N–H and O–H groups in total. The Morgan fingerprint density at radius 3 is 2.76 bits per heavy atom. The maximum Gasteiger partial charge on any atom is 0.314 e. The molecule has 1 fully saturated rings. The molecule has 1 aliphatic heterocycles. The lowest BCUT2D eigenvalue weighted by atomic mass is 10.1. The van der Waals surface area contributed by atoms with Gasteiger partial charge in [0, 0.05) is 38.3 Å². The molecule has 2 amide bonds. The molecule has 0 radical (unpaired) electrons. The van der Waals surface area contributed by atoms with Crippen LogP contribution in [0.3, 0.4) is 0 Å². The highest BCUT2D eigenvalue weighted by molar-refractivity contribution is 7.88. The Labute approximate surface area is 148 Å². The van der Waals surface area contributed by atoms with Gasteiger partial charge < -0.3 is 10.6 Å². The van der Waals surface area contributed by atoms with Gasteiger partial charge in [-0.3, -0.25) is 4.90 Å². The molecular weight excluding hydrogens is 347 g/mol. The van der Waals surface area contributed by atoms with Crippen LogP contribution in [0, 0.1) is 11.7 Å². The summed E-state index contributed by atoms with van der Waals surface area (Å²) in [6, 6.07) is 6.45. The largest absolute Gasteiger partial charge is 0.338 e. The van der Waals surface area contributed by atoms with Crippen LogP contribution in [0.4, 0.5) is 9.18 Å². The third kappa shape index (κ3) is 7.37. The van der Waals surface area contributed by atoms with Crippen molar-refractivity contribution in [1.29, 1.82) is 0 Å². The van der Waals surface area contributed by atoms with Gasteiger partial charge in [-0.05, 0) is 24.9 Å². The number of amides is 2. The highest BCUT2D eigenvalue weighted by atomic mass is 32.2. The number of nitrogens with one attached hydrogen (secondary N) is 3. The van der Waals surface area contributed by atoms with Crippen molar-refractivity contribution in [1.82, 2.24) is 20.3 Å². The Hall–Kier alpha value is -1.71. The molecule has 1 unspecified atom stereocenters. The molecule has 0 bridgehead atoms.